The van der Waals surface area contributed by atoms with E-state index in [1.165, 1.54) is 17.8 Å². The van der Waals surface area contributed by atoms with Crippen molar-refractivity contribution in [1.82, 2.24) is 20.0 Å². The van der Waals surface area contributed by atoms with Crippen molar-refractivity contribution in [3.05, 3.63) is 59.4 Å². The molecule has 4 amide bonds. The number of anilines is 2. The number of fused-ring (bicyclic) bond motifs is 1. The average molecular weight is 651 g/mol. The first-order valence-corrected chi connectivity index (χ1v) is 17.7. The molecule has 2 aromatic carbocycles. The Morgan fingerprint density at radius 2 is 1.72 bits per heavy atom. The number of amides is 4. The van der Waals surface area contributed by atoms with Gasteiger partial charge in [0.05, 0.1) is 10.9 Å². The lowest BCUT2D eigenvalue weighted by Crippen LogP contribution is -2.50. The number of carbonyl (C=O) groups is 3. The molecule has 248 valence electrons. The summed E-state index contributed by atoms with van der Waals surface area (Å²) in [6.45, 7) is 11.7. The molecule has 0 bridgehead atoms. The molecular weight excluding hydrogens is 603 g/mol. The molecule has 2 N–H and O–H groups in total. The van der Waals surface area contributed by atoms with Gasteiger partial charge in [0, 0.05) is 76.1 Å². The van der Waals surface area contributed by atoms with E-state index in [1.807, 2.05) is 39.0 Å². The highest BCUT2D eigenvalue weighted by molar-refractivity contribution is 8.01. The number of rotatable bonds is 7. The summed E-state index contributed by atoms with van der Waals surface area (Å²) in [6.07, 6.45) is 3.13. The average Bonchev–Trinajstić information content (AvgIpc) is 3.23. The maximum absolute atomic E-state index is 15.5. The second kappa shape index (κ2) is 13.8. The molecular formula is C35H47FN6O3S. The van der Waals surface area contributed by atoms with Crippen molar-refractivity contribution in [1.29, 1.82) is 0 Å². The topological polar surface area (TPSA) is 88.2 Å². The van der Waals surface area contributed by atoms with E-state index in [4.69, 9.17) is 0 Å². The predicted molar refractivity (Wildman–Crippen MR) is 181 cm³/mol. The monoisotopic (exact) mass is 650 g/mol. The molecule has 3 saturated heterocycles. The summed E-state index contributed by atoms with van der Waals surface area (Å²) in [5.41, 5.74) is 3.41. The van der Waals surface area contributed by atoms with E-state index in [0.717, 1.165) is 42.7 Å². The third-order valence-electron chi connectivity index (χ3n) is 9.71. The molecule has 0 radical (unpaired) electrons. The summed E-state index contributed by atoms with van der Waals surface area (Å²) < 4.78 is 15.5. The Kier molecular flexibility index (Phi) is 9.80. The van der Waals surface area contributed by atoms with E-state index in [9.17, 15) is 14.4 Å². The number of likely N-dealkylation sites (tertiary alicyclic amines) is 1. The molecule has 4 heterocycles. The van der Waals surface area contributed by atoms with Gasteiger partial charge in [0.15, 0.2) is 0 Å². The minimum absolute atomic E-state index is 0.0180. The molecule has 4 aliphatic rings. The maximum Gasteiger partial charge on any atom is 0.322 e. The summed E-state index contributed by atoms with van der Waals surface area (Å²) in [6, 6.07) is 13.1. The van der Waals surface area contributed by atoms with E-state index in [1.54, 1.807) is 6.07 Å². The fraction of sp³-hybridized carbons (Fsp3) is 0.571. The fourth-order valence-corrected chi connectivity index (χ4v) is 8.55. The van der Waals surface area contributed by atoms with Gasteiger partial charge in [-0.3, -0.25) is 9.59 Å². The highest BCUT2D eigenvalue weighted by Gasteiger charge is 2.44. The number of piperazine rings is 1. The van der Waals surface area contributed by atoms with Crippen LogP contribution in [0.3, 0.4) is 0 Å². The van der Waals surface area contributed by atoms with Crippen LogP contribution in [0.25, 0.3) is 0 Å². The van der Waals surface area contributed by atoms with Crippen LogP contribution in [-0.2, 0) is 16.0 Å². The molecule has 0 aliphatic carbocycles. The van der Waals surface area contributed by atoms with E-state index in [2.05, 4.69) is 42.4 Å². The SMILES string of the molecule is CC(C)(C)CCN1C(=O)[C@@H](CC(=O)N2CCC(N3CCc4ccccc4NC3=O)CC2)SC1c1cccc(F)c1N1CCNCC1. The first-order chi connectivity index (χ1) is 22.1. The number of piperidine rings is 1. The van der Waals surface area contributed by atoms with Gasteiger partial charge in [-0.25, -0.2) is 9.18 Å². The Morgan fingerprint density at radius 1 is 0.978 bits per heavy atom. The Hall–Kier alpha value is -3.31. The van der Waals surface area contributed by atoms with Gasteiger partial charge in [-0.2, -0.15) is 0 Å². The number of benzene rings is 2. The van der Waals surface area contributed by atoms with E-state index < -0.39 is 5.25 Å². The van der Waals surface area contributed by atoms with Crippen LogP contribution in [0, 0.1) is 11.2 Å². The molecule has 0 spiro atoms. The lowest BCUT2D eigenvalue weighted by Gasteiger charge is -2.38. The number of halogens is 1. The van der Waals surface area contributed by atoms with Crippen LogP contribution in [0.2, 0.25) is 0 Å². The van der Waals surface area contributed by atoms with Crippen LogP contribution in [-0.4, -0.2) is 96.2 Å². The van der Waals surface area contributed by atoms with E-state index in [-0.39, 0.29) is 46.9 Å². The van der Waals surface area contributed by atoms with Crippen LogP contribution in [0.1, 0.15) is 63.0 Å². The van der Waals surface area contributed by atoms with E-state index >= 15 is 4.39 Å². The number of hydrogen-bond acceptors (Lipinski definition) is 6. The quantitative estimate of drug-likeness (QED) is 0.435. The largest absolute Gasteiger partial charge is 0.366 e. The molecule has 2 aromatic rings. The lowest BCUT2D eigenvalue weighted by atomic mass is 9.92. The zero-order valence-corrected chi connectivity index (χ0v) is 28.1. The van der Waals surface area contributed by atoms with Gasteiger partial charge in [-0.05, 0) is 48.8 Å². The van der Waals surface area contributed by atoms with Crippen LogP contribution < -0.4 is 15.5 Å². The molecule has 11 heteroatoms. The minimum atomic E-state index is -0.524. The van der Waals surface area contributed by atoms with Crippen molar-refractivity contribution in [2.24, 2.45) is 5.41 Å². The molecule has 3 fully saturated rings. The van der Waals surface area contributed by atoms with Crippen molar-refractivity contribution >= 4 is 41.0 Å². The number of thioether (sulfide) groups is 1. The van der Waals surface area contributed by atoms with Crippen LogP contribution >= 0.6 is 11.8 Å². The van der Waals surface area contributed by atoms with Crippen molar-refractivity contribution in [3.8, 4) is 0 Å². The molecule has 46 heavy (non-hydrogen) atoms. The van der Waals surface area contributed by atoms with Gasteiger partial charge in [0.1, 0.15) is 11.2 Å². The Bertz CT molecular complexity index is 1440. The van der Waals surface area contributed by atoms with Crippen molar-refractivity contribution in [3.63, 3.8) is 0 Å². The number of para-hydroxylation sites is 2. The first-order valence-electron chi connectivity index (χ1n) is 16.7. The highest BCUT2D eigenvalue weighted by Crippen LogP contribution is 2.48. The van der Waals surface area contributed by atoms with E-state index in [0.29, 0.717) is 57.8 Å². The van der Waals surface area contributed by atoms with Crippen molar-refractivity contribution in [2.75, 3.05) is 62.6 Å². The molecule has 0 aromatic heterocycles. The number of nitrogens with zero attached hydrogens (tertiary/aromatic N) is 4. The Balaban J connectivity index is 1.13. The van der Waals surface area contributed by atoms with Gasteiger partial charge in [-0.1, -0.05) is 51.1 Å². The third-order valence-corrected chi connectivity index (χ3v) is 11.2. The molecule has 6 rings (SSSR count). The Morgan fingerprint density at radius 3 is 2.46 bits per heavy atom. The Labute approximate surface area is 276 Å². The molecule has 2 atom stereocenters. The van der Waals surface area contributed by atoms with Crippen molar-refractivity contribution in [2.45, 2.75) is 69.5 Å². The van der Waals surface area contributed by atoms with Crippen LogP contribution in [0.5, 0.6) is 0 Å². The summed E-state index contributed by atoms with van der Waals surface area (Å²) in [5.74, 6) is -0.346. The fourth-order valence-electron chi connectivity index (χ4n) is 7.05. The first kappa shape index (κ1) is 32.6. The van der Waals surface area contributed by atoms with Gasteiger partial charge >= 0.3 is 6.03 Å². The normalized spacial score (nSPS) is 23.0. The summed E-state index contributed by atoms with van der Waals surface area (Å²) >= 11 is 1.49. The maximum atomic E-state index is 15.5. The number of urea groups is 1. The van der Waals surface area contributed by atoms with Crippen molar-refractivity contribution < 1.29 is 18.8 Å². The second-order valence-corrected chi connectivity index (χ2v) is 15.4. The second-order valence-electron chi connectivity index (χ2n) is 14.1. The number of nitrogens with one attached hydrogen (secondary N) is 2. The predicted octanol–water partition coefficient (Wildman–Crippen LogP) is 5.09. The van der Waals surface area contributed by atoms with Crippen LogP contribution in [0.15, 0.2) is 42.5 Å². The van der Waals surface area contributed by atoms with Gasteiger partial charge in [0.2, 0.25) is 11.8 Å². The summed E-state index contributed by atoms with van der Waals surface area (Å²) in [7, 11) is 0. The van der Waals surface area contributed by atoms with Gasteiger partial charge in [-0.15, -0.1) is 11.8 Å². The smallest absolute Gasteiger partial charge is 0.322 e. The lowest BCUT2D eigenvalue weighted by molar-refractivity contribution is -0.137. The zero-order chi connectivity index (χ0) is 32.4. The van der Waals surface area contributed by atoms with Crippen LogP contribution in [0.4, 0.5) is 20.6 Å². The number of hydrogen-bond donors (Lipinski definition) is 2. The standard InChI is InChI=1S/C35H47FN6O3S/c1-35(2,3)14-20-42-32(44)29(46-33(42)26-8-6-9-27(36)31(26)40-21-15-37-16-22-40)23-30(43)39-17-12-25(13-18-39)41-19-11-24-7-4-5-10-28(24)38-34(41)45/h4-10,25,29,33,37H,11-23H2,1-3H3,(H,38,45)/t29-,33?/m1/s1. The van der Waals surface area contributed by atoms with Gasteiger partial charge < -0.3 is 30.2 Å². The molecule has 1 unspecified atom stereocenters. The zero-order valence-electron chi connectivity index (χ0n) is 27.3. The molecule has 9 nitrogen and oxygen atoms in total. The summed E-state index contributed by atoms with van der Waals surface area (Å²) in [4.78, 5) is 48.4. The molecule has 0 saturated carbocycles. The molecule has 4 aliphatic heterocycles. The minimum Gasteiger partial charge on any atom is -0.366 e. The van der Waals surface area contributed by atoms with Gasteiger partial charge in [0.25, 0.3) is 0 Å². The number of carbonyl (C=O) groups excluding carboxylic acids is 3. The third kappa shape index (κ3) is 7.15. The summed E-state index contributed by atoms with van der Waals surface area (Å²) in [5, 5.41) is 5.51. The highest BCUT2D eigenvalue weighted by atomic mass is 32.2.